The Labute approximate surface area is 126 Å². The Hall–Kier alpha value is -1.06. The van der Waals surface area contributed by atoms with Gasteiger partial charge in [0, 0.05) is 16.5 Å². The zero-order valence-electron chi connectivity index (χ0n) is 12.2. The smallest absolute Gasteiger partial charge is 0.223 e. The van der Waals surface area contributed by atoms with E-state index in [9.17, 15) is 4.79 Å². The van der Waals surface area contributed by atoms with Crippen LogP contribution in [0.5, 0.6) is 0 Å². The van der Waals surface area contributed by atoms with Crippen molar-refractivity contribution < 1.29 is 4.79 Å². The van der Waals surface area contributed by atoms with Crippen molar-refractivity contribution in [1.82, 2.24) is 10.6 Å². The molecule has 2 N–H and O–H groups in total. The number of piperidine rings is 1. The molecule has 1 amide bonds. The molecule has 20 heavy (non-hydrogen) atoms. The van der Waals surface area contributed by atoms with Crippen LogP contribution in [0.25, 0.3) is 0 Å². The molecule has 0 unspecified atom stereocenters. The van der Waals surface area contributed by atoms with Crippen LogP contribution in [0.1, 0.15) is 32.3 Å². The fourth-order valence-corrected chi connectivity index (χ4v) is 2.88. The Morgan fingerprint density at radius 1 is 1.35 bits per heavy atom. The van der Waals surface area contributed by atoms with Crippen molar-refractivity contribution >= 4 is 17.5 Å². The third-order valence-electron chi connectivity index (χ3n) is 3.76. The maximum Gasteiger partial charge on any atom is 0.223 e. The lowest BCUT2D eigenvalue weighted by Gasteiger charge is -2.30. The molecule has 3 nitrogen and oxygen atoms in total. The highest BCUT2D eigenvalue weighted by Crippen LogP contribution is 2.22. The van der Waals surface area contributed by atoms with E-state index in [0.29, 0.717) is 0 Å². The largest absolute Gasteiger partial charge is 0.351 e. The number of rotatable bonds is 4. The Balaban J connectivity index is 1.96. The van der Waals surface area contributed by atoms with Gasteiger partial charge in [-0.3, -0.25) is 4.79 Å². The van der Waals surface area contributed by atoms with Gasteiger partial charge < -0.3 is 10.6 Å². The first-order valence-electron chi connectivity index (χ1n) is 7.24. The summed E-state index contributed by atoms with van der Waals surface area (Å²) in [6.07, 6.45) is 2.59. The summed E-state index contributed by atoms with van der Waals surface area (Å²) in [6, 6.07) is 7.81. The number of halogens is 1. The second-order valence-electron chi connectivity index (χ2n) is 6.17. The highest BCUT2D eigenvalue weighted by molar-refractivity contribution is 6.31. The number of carbonyl (C=O) groups is 1. The van der Waals surface area contributed by atoms with Crippen LogP contribution in [0, 0.1) is 5.92 Å². The van der Waals surface area contributed by atoms with E-state index in [-0.39, 0.29) is 17.4 Å². The molecule has 0 atom stereocenters. The van der Waals surface area contributed by atoms with Crippen molar-refractivity contribution in [1.29, 1.82) is 0 Å². The van der Waals surface area contributed by atoms with Gasteiger partial charge in [0.25, 0.3) is 0 Å². The Bertz CT molecular complexity index is 467. The maximum absolute atomic E-state index is 12.3. The molecule has 1 aromatic carbocycles. The molecule has 1 aliphatic heterocycles. The number of amides is 1. The summed E-state index contributed by atoms with van der Waals surface area (Å²) >= 11 is 6.19. The van der Waals surface area contributed by atoms with E-state index in [1.54, 1.807) is 0 Å². The topological polar surface area (TPSA) is 41.1 Å². The van der Waals surface area contributed by atoms with Gasteiger partial charge in [0.15, 0.2) is 0 Å². The van der Waals surface area contributed by atoms with Gasteiger partial charge in [-0.2, -0.15) is 0 Å². The molecule has 1 heterocycles. The van der Waals surface area contributed by atoms with Gasteiger partial charge in [-0.05, 0) is 57.8 Å². The number of carbonyl (C=O) groups excluding carboxylic acids is 1. The van der Waals surface area contributed by atoms with E-state index in [1.165, 1.54) is 0 Å². The average molecular weight is 295 g/mol. The van der Waals surface area contributed by atoms with Crippen LogP contribution in [0.15, 0.2) is 24.3 Å². The van der Waals surface area contributed by atoms with E-state index in [1.807, 2.05) is 24.3 Å². The molecule has 0 radical (unpaired) electrons. The molecular weight excluding hydrogens is 272 g/mol. The molecule has 2 rings (SSSR count). The van der Waals surface area contributed by atoms with E-state index in [4.69, 9.17) is 11.6 Å². The summed E-state index contributed by atoms with van der Waals surface area (Å²) in [5.41, 5.74) is 0.789. The molecule has 0 saturated carbocycles. The van der Waals surface area contributed by atoms with Gasteiger partial charge in [-0.1, -0.05) is 29.8 Å². The van der Waals surface area contributed by atoms with Crippen molar-refractivity contribution in [3.8, 4) is 0 Å². The minimum atomic E-state index is -0.285. The molecule has 1 aliphatic rings. The summed E-state index contributed by atoms with van der Waals surface area (Å²) in [4.78, 5) is 12.3. The Morgan fingerprint density at radius 3 is 2.65 bits per heavy atom. The SMILES string of the molecule is CC(C)(Cc1ccccc1Cl)NC(=O)C1CCNCC1. The van der Waals surface area contributed by atoms with E-state index in [2.05, 4.69) is 24.5 Å². The highest BCUT2D eigenvalue weighted by atomic mass is 35.5. The number of nitrogens with one attached hydrogen (secondary N) is 2. The minimum Gasteiger partial charge on any atom is -0.351 e. The quantitative estimate of drug-likeness (QED) is 0.896. The molecular formula is C16H23ClN2O. The van der Waals surface area contributed by atoms with Crippen LogP contribution in [0.4, 0.5) is 0 Å². The van der Waals surface area contributed by atoms with Crippen LogP contribution in [0.3, 0.4) is 0 Å². The van der Waals surface area contributed by atoms with Crippen molar-refractivity contribution in [2.45, 2.75) is 38.6 Å². The molecule has 1 aromatic rings. The number of benzene rings is 1. The highest BCUT2D eigenvalue weighted by Gasteiger charge is 2.27. The Morgan fingerprint density at radius 2 is 2.00 bits per heavy atom. The summed E-state index contributed by atoms with van der Waals surface area (Å²) in [5.74, 6) is 0.310. The fraction of sp³-hybridized carbons (Fsp3) is 0.562. The zero-order valence-corrected chi connectivity index (χ0v) is 13.0. The molecule has 0 aliphatic carbocycles. The zero-order chi connectivity index (χ0) is 14.6. The molecule has 0 bridgehead atoms. The average Bonchev–Trinajstić information content (AvgIpc) is 2.41. The monoisotopic (exact) mass is 294 g/mol. The summed E-state index contributed by atoms with van der Waals surface area (Å²) in [6.45, 7) is 5.97. The van der Waals surface area contributed by atoms with Crippen molar-refractivity contribution in [2.75, 3.05) is 13.1 Å². The van der Waals surface area contributed by atoms with Gasteiger partial charge in [-0.15, -0.1) is 0 Å². The summed E-state index contributed by atoms with van der Waals surface area (Å²) < 4.78 is 0. The summed E-state index contributed by atoms with van der Waals surface area (Å²) in [5, 5.41) is 7.22. The van der Waals surface area contributed by atoms with Crippen LogP contribution < -0.4 is 10.6 Å². The lowest BCUT2D eigenvalue weighted by atomic mass is 9.91. The van der Waals surface area contributed by atoms with Crippen molar-refractivity contribution in [3.63, 3.8) is 0 Å². The first-order chi connectivity index (χ1) is 9.48. The summed E-state index contributed by atoms with van der Waals surface area (Å²) in [7, 11) is 0. The second-order valence-corrected chi connectivity index (χ2v) is 6.57. The van der Waals surface area contributed by atoms with Gasteiger partial charge in [0.05, 0.1) is 0 Å². The van der Waals surface area contributed by atoms with Gasteiger partial charge in [0.1, 0.15) is 0 Å². The molecule has 1 fully saturated rings. The fourth-order valence-electron chi connectivity index (χ4n) is 2.68. The molecule has 1 saturated heterocycles. The lowest BCUT2D eigenvalue weighted by molar-refractivity contribution is -0.127. The number of hydrogen-bond donors (Lipinski definition) is 2. The maximum atomic E-state index is 12.3. The lowest BCUT2D eigenvalue weighted by Crippen LogP contribution is -2.49. The third kappa shape index (κ3) is 4.22. The van der Waals surface area contributed by atoms with Gasteiger partial charge in [-0.25, -0.2) is 0 Å². The third-order valence-corrected chi connectivity index (χ3v) is 4.13. The first kappa shape index (κ1) is 15.3. The first-order valence-corrected chi connectivity index (χ1v) is 7.62. The van der Waals surface area contributed by atoms with Crippen LogP contribution in [-0.2, 0) is 11.2 Å². The predicted molar refractivity (Wildman–Crippen MR) is 83.0 cm³/mol. The molecule has 0 spiro atoms. The standard InChI is InChI=1S/C16H23ClN2O/c1-16(2,11-13-5-3-4-6-14(13)17)19-15(20)12-7-9-18-10-8-12/h3-6,12,18H,7-11H2,1-2H3,(H,19,20). The van der Waals surface area contributed by atoms with E-state index < -0.39 is 0 Å². The van der Waals surface area contributed by atoms with Crippen LogP contribution in [-0.4, -0.2) is 24.5 Å². The minimum absolute atomic E-state index is 0.141. The van der Waals surface area contributed by atoms with E-state index in [0.717, 1.165) is 42.9 Å². The normalized spacial score (nSPS) is 16.9. The van der Waals surface area contributed by atoms with Crippen molar-refractivity contribution in [2.24, 2.45) is 5.92 Å². The van der Waals surface area contributed by atoms with Crippen LogP contribution in [0.2, 0.25) is 5.02 Å². The number of hydrogen-bond acceptors (Lipinski definition) is 2. The molecule has 4 heteroatoms. The van der Waals surface area contributed by atoms with E-state index >= 15 is 0 Å². The van der Waals surface area contributed by atoms with Gasteiger partial charge >= 0.3 is 0 Å². The van der Waals surface area contributed by atoms with Crippen LogP contribution >= 0.6 is 11.6 Å². The molecule has 0 aromatic heterocycles. The second kappa shape index (κ2) is 6.59. The van der Waals surface area contributed by atoms with Crippen molar-refractivity contribution in [3.05, 3.63) is 34.9 Å². The predicted octanol–water partition coefficient (Wildman–Crippen LogP) is 2.78. The Kier molecular flexibility index (Phi) is 5.06. The van der Waals surface area contributed by atoms with Gasteiger partial charge in [0.2, 0.25) is 5.91 Å². The molecule has 110 valence electrons.